The molecule has 58 heavy (non-hydrogen) atoms. The molecule has 21 heteroatoms. The number of anilines is 3. The van der Waals surface area contributed by atoms with E-state index in [-0.39, 0.29) is 35.8 Å². The molecule has 4 heterocycles. The van der Waals surface area contributed by atoms with E-state index in [4.69, 9.17) is 14.6 Å². The van der Waals surface area contributed by atoms with E-state index in [1.165, 1.54) is 35.2 Å². The zero-order chi connectivity index (χ0) is 42.1. The first kappa shape index (κ1) is 42.8. The molecule has 1 aromatic heterocycles. The van der Waals surface area contributed by atoms with Crippen LogP contribution in [0.25, 0.3) is 0 Å². The number of fused-ring (bicyclic) bond motifs is 1. The predicted octanol–water partition coefficient (Wildman–Crippen LogP) is -3.69. The van der Waals surface area contributed by atoms with Gasteiger partial charge in [0.1, 0.15) is 36.6 Å². The first-order chi connectivity index (χ1) is 27.5. The predicted molar refractivity (Wildman–Crippen MR) is 197 cm³/mol. The van der Waals surface area contributed by atoms with Crippen molar-refractivity contribution in [3.8, 4) is 0 Å². The topological polar surface area (TPSA) is 330 Å². The van der Waals surface area contributed by atoms with Crippen LogP contribution in [0.5, 0.6) is 0 Å². The van der Waals surface area contributed by atoms with Gasteiger partial charge in [0.25, 0.3) is 17.7 Å². The van der Waals surface area contributed by atoms with Gasteiger partial charge in [-0.15, -0.1) is 5.10 Å². The number of benzene rings is 2. The molecule has 21 nitrogen and oxygen atoms in total. The molecule has 0 spiro atoms. The summed E-state index contributed by atoms with van der Waals surface area (Å²) in [5, 5.41) is 115. The molecule has 3 aromatic rings. The van der Waals surface area contributed by atoms with Crippen molar-refractivity contribution in [1.29, 1.82) is 0 Å². The maximum atomic E-state index is 14.4. The maximum absolute atomic E-state index is 14.4. The van der Waals surface area contributed by atoms with Crippen LogP contribution in [0.4, 0.5) is 17.1 Å². The van der Waals surface area contributed by atoms with Crippen LogP contribution in [-0.4, -0.2) is 152 Å². The molecule has 3 amide bonds. The molecular formula is C37H46N6O15. The number of hydrogen-bond acceptors (Lipinski definition) is 17. The summed E-state index contributed by atoms with van der Waals surface area (Å²) in [6.07, 6.45) is -12.8. The average Bonchev–Trinajstić information content (AvgIpc) is 3.73. The number of amides is 3. The molecule has 0 radical (unpaired) electrons. The highest BCUT2D eigenvalue weighted by atomic mass is 16.6. The highest BCUT2D eigenvalue weighted by Gasteiger charge is 2.53. The minimum atomic E-state index is -2.21. The summed E-state index contributed by atoms with van der Waals surface area (Å²) < 4.78 is 11.6. The Kier molecular flexibility index (Phi) is 13.0. The van der Waals surface area contributed by atoms with E-state index in [0.717, 1.165) is 0 Å². The SMILES string of the molecule is C[C@H](/C=C/CCn1cc(CCO)nn1)[C@@]1(O)C(=O)N(Cc2cccc(NC(=O)[C@H]3O[C@@H](O)[C@H](O)[C@@H](O)[C@@H]3O)c2)c2ccc(NC(=O)[C@H]3O[C@@H](O)[C@H](O)[C@@H](O)[C@@H]3O)cc21. The van der Waals surface area contributed by atoms with Crippen LogP contribution in [-0.2, 0) is 49.0 Å². The summed E-state index contributed by atoms with van der Waals surface area (Å²) in [6.45, 7) is 1.80. The number of aliphatic hydroxyl groups excluding tert-OH is 9. The van der Waals surface area contributed by atoms with E-state index in [2.05, 4.69) is 20.9 Å². The van der Waals surface area contributed by atoms with Crippen LogP contribution in [0.15, 0.2) is 60.8 Å². The van der Waals surface area contributed by atoms with Crippen molar-refractivity contribution in [2.24, 2.45) is 5.92 Å². The Balaban J connectivity index is 1.24. The minimum absolute atomic E-state index is 0.0448. The summed E-state index contributed by atoms with van der Waals surface area (Å²) in [5.41, 5.74) is -0.576. The molecule has 0 bridgehead atoms. The molecule has 0 aliphatic carbocycles. The molecule has 2 fully saturated rings. The quantitative estimate of drug-likeness (QED) is 0.0739. The van der Waals surface area contributed by atoms with E-state index in [0.29, 0.717) is 30.6 Å². The average molecular weight is 815 g/mol. The number of aliphatic hydroxyl groups is 10. The van der Waals surface area contributed by atoms with Crippen LogP contribution in [0, 0.1) is 5.92 Å². The second-order valence-corrected chi connectivity index (χ2v) is 14.4. The fourth-order valence-corrected chi connectivity index (χ4v) is 7.02. The van der Waals surface area contributed by atoms with Gasteiger partial charge in [-0.05, 0) is 42.3 Å². The number of nitrogens with zero attached hydrogens (tertiary/aromatic N) is 4. The van der Waals surface area contributed by atoms with Gasteiger partial charge in [0.05, 0.1) is 17.9 Å². The van der Waals surface area contributed by atoms with Crippen molar-refractivity contribution in [2.75, 3.05) is 22.1 Å². The van der Waals surface area contributed by atoms with Crippen molar-refractivity contribution in [2.45, 2.75) is 99.9 Å². The maximum Gasteiger partial charge on any atom is 0.264 e. The molecule has 12 atom stereocenters. The van der Waals surface area contributed by atoms with Crippen LogP contribution >= 0.6 is 0 Å². The number of rotatable bonds is 13. The van der Waals surface area contributed by atoms with Gasteiger partial charge >= 0.3 is 0 Å². The first-order valence-electron chi connectivity index (χ1n) is 18.4. The van der Waals surface area contributed by atoms with E-state index in [1.807, 2.05) is 0 Å². The van der Waals surface area contributed by atoms with Gasteiger partial charge in [0, 0.05) is 48.6 Å². The zero-order valence-electron chi connectivity index (χ0n) is 31.0. The Morgan fingerprint density at radius 2 is 1.47 bits per heavy atom. The second kappa shape index (κ2) is 17.6. The van der Waals surface area contributed by atoms with E-state index < -0.39 is 90.7 Å². The van der Waals surface area contributed by atoms with Crippen LogP contribution < -0.4 is 15.5 Å². The monoisotopic (exact) mass is 814 g/mol. The van der Waals surface area contributed by atoms with E-state index in [9.17, 15) is 60.3 Å². The minimum Gasteiger partial charge on any atom is -0.396 e. The lowest BCUT2D eigenvalue weighted by Gasteiger charge is -2.37. The van der Waals surface area contributed by atoms with Crippen molar-refractivity contribution in [1.82, 2.24) is 15.0 Å². The van der Waals surface area contributed by atoms with Gasteiger partial charge in [-0.3, -0.25) is 19.1 Å². The summed E-state index contributed by atoms with van der Waals surface area (Å²) in [7, 11) is 0. The number of ether oxygens (including phenoxy) is 2. The number of nitrogens with one attached hydrogen (secondary N) is 2. The lowest BCUT2D eigenvalue weighted by Crippen LogP contribution is -2.60. The molecule has 3 aliphatic rings. The molecular weight excluding hydrogens is 768 g/mol. The standard InChI is InChI=1S/C37H46N6O15/c1-17(5-2-3-11-42-16-21(10-12-44)40-41-42)37(56)22-14-20(39-33(52)31-27(48)25(46)29(50)35(54)58-31)8-9-23(22)43(36(37)55)15-18-6-4-7-19(13-18)38-32(51)30-26(47)24(45)28(49)34(53)57-30/h2,4-9,13-14,16-17,24-31,34-35,44-50,53-54,56H,3,10-12,15H2,1H3,(H,38,51)(H,39,52)/b5-2+/t17-,24+,25+,26+,27+,28-,29-,30+,31+,34-,35-,37+/m1/s1. The van der Waals surface area contributed by atoms with Gasteiger partial charge in [0.15, 0.2) is 30.4 Å². The van der Waals surface area contributed by atoms with Crippen LogP contribution in [0.1, 0.15) is 30.2 Å². The summed E-state index contributed by atoms with van der Waals surface area (Å²) >= 11 is 0. The van der Waals surface area contributed by atoms with E-state index in [1.54, 1.807) is 42.1 Å². The summed E-state index contributed by atoms with van der Waals surface area (Å²) in [4.78, 5) is 41.8. The molecule has 314 valence electrons. The number of allylic oxidation sites excluding steroid dienone is 1. The number of aryl methyl sites for hydroxylation is 1. The fraction of sp³-hybridized carbons (Fsp3) is 0.486. The molecule has 6 rings (SSSR count). The number of carbonyl (C=O) groups excluding carboxylic acids is 3. The summed E-state index contributed by atoms with van der Waals surface area (Å²) in [6, 6.07) is 10.4. The largest absolute Gasteiger partial charge is 0.396 e. The molecule has 3 aliphatic heterocycles. The van der Waals surface area contributed by atoms with Gasteiger partial charge in [-0.1, -0.05) is 36.4 Å². The van der Waals surface area contributed by atoms with Crippen molar-refractivity contribution in [3.05, 3.63) is 77.6 Å². The third-order valence-corrected chi connectivity index (χ3v) is 10.3. The Morgan fingerprint density at radius 1 is 0.862 bits per heavy atom. The van der Waals surface area contributed by atoms with Crippen molar-refractivity contribution >= 4 is 34.8 Å². The molecule has 0 unspecified atom stereocenters. The third-order valence-electron chi connectivity index (χ3n) is 10.3. The number of carbonyl (C=O) groups is 3. The van der Waals surface area contributed by atoms with Crippen molar-refractivity contribution < 1.29 is 74.9 Å². The highest BCUT2D eigenvalue weighted by Crippen LogP contribution is 2.47. The lowest BCUT2D eigenvalue weighted by molar-refractivity contribution is -0.274. The molecule has 2 aromatic carbocycles. The lowest BCUT2D eigenvalue weighted by atomic mass is 9.82. The first-order valence-corrected chi connectivity index (χ1v) is 18.4. The third kappa shape index (κ3) is 8.52. The zero-order valence-corrected chi connectivity index (χ0v) is 31.0. The molecule has 2 saturated heterocycles. The molecule has 0 saturated carbocycles. The van der Waals surface area contributed by atoms with Crippen molar-refractivity contribution in [3.63, 3.8) is 0 Å². The fourth-order valence-electron chi connectivity index (χ4n) is 7.02. The highest BCUT2D eigenvalue weighted by molar-refractivity contribution is 6.08. The number of hydrogen-bond donors (Lipinski definition) is 12. The van der Waals surface area contributed by atoms with Crippen LogP contribution in [0.3, 0.4) is 0 Å². The normalized spacial score (nSPS) is 31.6. The second-order valence-electron chi connectivity index (χ2n) is 14.4. The van der Waals surface area contributed by atoms with Gasteiger partial charge in [0.2, 0.25) is 0 Å². The van der Waals surface area contributed by atoms with Gasteiger partial charge < -0.3 is 76.1 Å². The Morgan fingerprint density at radius 3 is 2.07 bits per heavy atom. The Labute approximate surface area is 330 Å². The van der Waals surface area contributed by atoms with Crippen LogP contribution in [0.2, 0.25) is 0 Å². The Bertz CT molecular complexity index is 2000. The number of aromatic nitrogens is 3. The van der Waals surface area contributed by atoms with Gasteiger partial charge in [-0.2, -0.15) is 0 Å². The smallest absolute Gasteiger partial charge is 0.264 e. The van der Waals surface area contributed by atoms with E-state index >= 15 is 0 Å². The Hall–Kier alpha value is -4.75. The summed E-state index contributed by atoms with van der Waals surface area (Å²) in [5.74, 6) is -3.56. The molecule has 12 N–H and O–H groups in total. The van der Waals surface area contributed by atoms with Gasteiger partial charge in [-0.25, -0.2) is 0 Å².